The summed E-state index contributed by atoms with van der Waals surface area (Å²) < 4.78 is 5.11. The van der Waals surface area contributed by atoms with Gasteiger partial charge in [0.05, 0.1) is 19.1 Å². The van der Waals surface area contributed by atoms with Crippen molar-refractivity contribution in [1.82, 2.24) is 9.80 Å². The predicted molar refractivity (Wildman–Crippen MR) is 101 cm³/mol. The van der Waals surface area contributed by atoms with Gasteiger partial charge in [-0.3, -0.25) is 14.5 Å². The van der Waals surface area contributed by atoms with E-state index in [-0.39, 0.29) is 17.8 Å². The minimum Gasteiger partial charge on any atom is -0.466 e. The third kappa shape index (κ3) is 4.26. The molecule has 0 bridgehead atoms. The SMILES string of the molecule is CCOC(=O)C1CCN(C(=O)CN2CCC[C@H]2c2ccccc2C)CC1. The molecule has 0 unspecified atom stereocenters. The van der Waals surface area contributed by atoms with Crippen LogP contribution in [0.1, 0.15) is 49.8 Å². The summed E-state index contributed by atoms with van der Waals surface area (Å²) in [5, 5.41) is 0. The normalized spacial score (nSPS) is 21.8. The van der Waals surface area contributed by atoms with Crippen LogP contribution in [0.2, 0.25) is 0 Å². The lowest BCUT2D eigenvalue weighted by atomic mass is 9.97. The van der Waals surface area contributed by atoms with Crippen molar-refractivity contribution in [1.29, 1.82) is 0 Å². The number of nitrogens with zero attached hydrogens (tertiary/aromatic N) is 2. The van der Waals surface area contributed by atoms with E-state index >= 15 is 0 Å². The monoisotopic (exact) mass is 358 g/mol. The van der Waals surface area contributed by atoms with Gasteiger partial charge in [0.1, 0.15) is 0 Å². The average molecular weight is 358 g/mol. The van der Waals surface area contributed by atoms with Gasteiger partial charge in [-0.2, -0.15) is 0 Å². The van der Waals surface area contributed by atoms with Crippen molar-refractivity contribution >= 4 is 11.9 Å². The second-order valence-electron chi connectivity index (χ2n) is 7.39. The molecule has 5 nitrogen and oxygen atoms in total. The van der Waals surface area contributed by atoms with Crippen molar-refractivity contribution in [3.8, 4) is 0 Å². The number of carbonyl (C=O) groups is 2. The van der Waals surface area contributed by atoms with Crippen molar-refractivity contribution in [3.63, 3.8) is 0 Å². The van der Waals surface area contributed by atoms with Crippen LogP contribution in [0.4, 0.5) is 0 Å². The van der Waals surface area contributed by atoms with Crippen LogP contribution >= 0.6 is 0 Å². The van der Waals surface area contributed by atoms with E-state index in [0.717, 1.165) is 19.4 Å². The van der Waals surface area contributed by atoms with E-state index in [4.69, 9.17) is 4.74 Å². The summed E-state index contributed by atoms with van der Waals surface area (Å²) in [5.41, 5.74) is 2.64. The minimum atomic E-state index is -0.112. The zero-order chi connectivity index (χ0) is 18.5. The summed E-state index contributed by atoms with van der Waals surface area (Å²) in [6.07, 6.45) is 3.68. The first-order valence-electron chi connectivity index (χ1n) is 9.84. The molecule has 3 rings (SSSR count). The Labute approximate surface area is 156 Å². The molecule has 1 atom stereocenters. The number of ether oxygens (including phenoxy) is 1. The lowest BCUT2D eigenvalue weighted by Crippen LogP contribution is -2.45. The minimum absolute atomic E-state index is 0.0505. The molecular formula is C21H30N2O3. The molecule has 0 radical (unpaired) electrons. The van der Waals surface area contributed by atoms with Gasteiger partial charge in [-0.25, -0.2) is 0 Å². The fourth-order valence-corrected chi connectivity index (χ4v) is 4.23. The first-order valence-corrected chi connectivity index (χ1v) is 9.84. The molecule has 26 heavy (non-hydrogen) atoms. The Kier molecular flexibility index (Phi) is 6.30. The van der Waals surface area contributed by atoms with E-state index < -0.39 is 0 Å². The smallest absolute Gasteiger partial charge is 0.309 e. The highest BCUT2D eigenvalue weighted by Crippen LogP contribution is 2.33. The Hall–Kier alpha value is -1.88. The van der Waals surface area contributed by atoms with Gasteiger partial charge in [0.2, 0.25) is 5.91 Å². The molecule has 2 fully saturated rings. The molecule has 0 spiro atoms. The third-order valence-corrected chi connectivity index (χ3v) is 5.72. The Morgan fingerprint density at radius 2 is 1.85 bits per heavy atom. The average Bonchev–Trinajstić information content (AvgIpc) is 3.10. The number of esters is 1. The van der Waals surface area contributed by atoms with E-state index in [1.54, 1.807) is 0 Å². The maximum atomic E-state index is 12.8. The van der Waals surface area contributed by atoms with Crippen LogP contribution in [0.3, 0.4) is 0 Å². The molecule has 1 aromatic carbocycles. The topological polar surface area (TPSA) is 49.9 Å². The molecule has 0 aliphatic carbocycles. The summed E-state index contributed by atoms with van der Waals surface area (Å²) in [4.78, 5) is 28.9. The molecule has 0 aromatic heterocycles. The maximum absolute atomic E-state index is 12.8. The second-order valence-corrected chi connectivity index (χ2v) is 7.39. The van der Waals surface area contributed by atoms with E-state index in [9.17, 15) is 9.59 Å². The summed E-state index contributed by atoms with van der Waals surface area (Å²) in [7, 11) is 0. The number of amides is 1. The highest BCUT2D eigenvalue weighted by Gasteiger charge is 2.32. The molecule has 2 aliphatic heterocycles. The molecule has 2 heterocycles. The molecule has 5 heteroatoms. The fourth-order valence-electron chi connectivity index (χ4n) is 4.23. The first-order chi connectivity index (χ1) is 12.6. The number of aryl methyl sites for hydroxylation is 1. The fraction of sp³-hybridized carbons (Fsp3) is 0.619. The van der Waals surface area contributed by atoms with Crippen molar-refractivity contribution in [2.75, 3.05) is 32.8 Å². The highest BCUT2D eigenvalue weighted by molar-refractivity contribution is 5.79. The number of benzene rings is 1. The molecule has 2 aliphatic rings. The summed E-state index contributed by atoms with van der Waals surface area (Å²) in [5.74, 6) is 0.0251. The van der Waals surface area contributed by atoms with Gasteiger partial charge in [-0.1, -0.05) is 24.3 Å². The van der Waals surface area contributed by atoms with Crippen LogP contribution in [0.5, 0.6) is 0 Å². The van der Waals surface area contributed by atoms with Crippen LogP contribution in [0.15, 0.2) is 24.3 Å². The zero-order valence-electron chi connectivity index (χ0n) is 15.9. The van der Waals surface area contributed by atoms with Crippen LogP contribution in [0, 0.1) is 12.8 Å². The highest BCUT2D eigenvalue weighted by atomic mass is 16.5. The van der Waals surface area contributed by atoms with E-state index in [1.165, 1.54) is 11.1 Å². The van der Waals surface area contributed by atoms with Crippen LogP contribution in [-0.4, -0.2) is 54.5 Å². The van der Waals surface area contributed by atoms with Gasteiger partial charge >= 0.3 is 5.97 Å². The second kappa shape index (κ2) is 8.67. The number of hydrogen-bond acceptors (Lipinski definition) is 4. The van der Waals surface area contributed by atoms with Crippen molar-refractivity contribution in [3.05, 3.63) is 35.4 Å². The Balaban J connectivity index is 1.55. The number of likely N-dealkylation sites (tertiary alicyclic amines) is 2. The standard InChI is InChI=1S/C21H30N2O3/c1-3-26-21(25)17-10-13-22(14-11-17)20(24)15-23-12-6-9-19(23)18-8-5-4-7-16(18)2/h4-5,7-8,17,19H,3,6,9-15H2,1-2H3/t19-/m0/s1. The van der Waals surface area contributed by atoms with Crippen LogP contribution in [0.25, 0.3) is 0 Å². The lowest BCUT2D eigenvalue weighted by Gasteiger charge is -2.33. The van der Waals surface area contributed by atoms with Crippen molar-refractivity contribution in [2.45, 2.75) is 45.6 Å². The number of rotatable bonds is 5. The Morgan fingerprint density at radius 3 is 2.54 bits per heavy atom. The van der Waals surface area contributed by atoms with Crippen molar-refractivity contribution in [2.24, 2.45) is 5.92 Å². The molecule has 2 saturated heterocycles. The molecule has 1 aromatic rings. The van der Waals surface area contributed by atoms with E-state index in [2.05, 4.69) is 36.1 Å². The molecule has 1 amide bonds. The molecular weight excluding hydrogens is 328 g/mol. The van der Waals surface area contributed by atoms with Gasteiger partial charge in [0.25, 0.3) is 0 Å². The summed E-state index contributed by atoms with van der Waals surface area (Å²) in [6.45, 7) is 7.17. The lowest BCUT2D eigenvalue weighted by molar-refractivity contribution is -0.151. The first kappa shape index (κ1) is 18.9. The van der Waals surface area contributed by atoms with E-state index in [0.29, 0.717) is 45.1 Å². The molecule has 0 N–H and O–H groups in total. The van der Waals surface area contributed by atoms with Gasteiger partial charge in [0, 0.05) is 19.1 Å². The van der Waals surface area contributed by atoms with E-state index in [1.807, 2.05) is 11.8 Å². The summed E-state index contributed by atoms with van der Waals surface area (Å²) in [6, 6.07) is 8.83. The summed E-state index contributed by atoms with van der Waals surface area (Å²) >= 11 is 0. The number of piperidine rings is 1. The Bertz CT molecular complexity index is 638. The largest absolute Gasteiger partial charge is 0.466 e. The van der Waals surface area contributed by atoms with Crippen molar-refractivity contribution < 1.29 is 14.3 Å². The quantitative estimate of drug-likeness (QED) is 0.760. The van der Waals surface area contributed by atoms with Crippen LogP contribution in [-0.2, 0) is 14.3 Å². The number of hydrogen-bond donors (Lipinski definition) is 0. The predicted octanol–water partition coefficient (Wildman–Crippen LogP) is 2.93. The maximum Gasteiger partial charge on any atom is 0.309 e. The van der Waals surface area contributed by atoms with Gasteiger partial charge in [-0.15, -0.1) is 0 Å². The number of carbonyl (C=O) groups excluding carboxylic acids is 2. The van der Waals surface area contributed by atoms with Crippen LogP contribution < -0.4 is 0 Å². The van der Waals surface area contributed by atoms with Gasteiger partial charge in [0.15, 0.2) is 0 Å². The molecule has 0 saturated carbocycles. The Morgan fingerprint density at radius 1 is 1.12 bits per heavy atom. The van der Waals surface area contributed by atoms with Gasteiger partial charge < -0.3 is 9.64 Å². The zero-order valence-corrected chi connectivity index (χ0v) is 15.9. The third-order valence-electron chi connectivity index (χ3n) is 5.72. The van der Waals surface area contributed by atoms with Gasteiger partial charge in [-0.05, 0) is 57.2 Å². The molecule has 142 valence electrons.